The molecule has 1 aromatic rings. The van der Waals surface area contributed by atoms with Crippen molar-refractivity contribution in [3.05, 3.63) is 41.5 Å². The molecule has 2 rings (SSSR count). The van der Waals surface area contributed by atoms with Crippen LogP contribution in [0.5, 0.6) is 0 Å². The minimum Gasteiger partial charge on any atom is -0.351 e. The lowest BCUT2D eigenvalue weighted by molar-refractivity contribution is -0.125. The number of hydrogen-bond donors (Lipinski definition) is 1. The number of nitrogens with zero attached hydrogens (tertiary/aromatic N) is 1. The molecule has 3 amide bonds. The van der Waals surface area contributed by atoms with Crippen LogP contribution in [0, 0.1) is 0 Å². The van der Waals surface area contributed by atoms with Gasteiger partial charge in [0.15, 0.2) is 0 Å². The van der Waals surface area contributed by atoms with Gasteiger partial charge in [0.05, 0.1) is 5.75 Å². The third-order valence-electron chi connectivity index (χ3n) is 3.51. The molecule has 23 heavy (non-hydrogen) atoms. The highest BCUT2D eigenvalue weighted by atomic mass is 32.2. The maximum absolute atomic E-state index is 11.7. The molecule has 0 bridgehead atoms. The topological polar surface area (TPSA) is 66.5 Å². The molecule has 6 heteroatoms. The first kappa shape index (κ1) is 17.3. The predicted octanol–water partition coefficient (Wildman–Crippen LogP) is 2.63. The van der Waals surface area contributed by atoms with Crippen LogP contribution in [0.4, 0.5) is 4.79 Å². The van der Waals surface area contributed by atoms with Crippen molar-refractivity contribution in [3.63, 3.8) is 0 Å². The number of rotatable bonds is 6. The molecule has 1 saturated heterocycles. The Morgan fingerprint density at radius 3 is 2.57 bits per heavy atom. The summed E-state index contributed by atoms with van der Waals surface area (Å²) in [7, 11) is 0. The van der Waals surface area contributed by atoms with Gasteiger partial charge in [-0.05, 0) is 23.1 Å². The van der Waals surface area contributed by atoms with Gasteiger partial charge in [-0.15, -0.1) is 0 Å². The van der Waals surface area contributed by atoms with Crippen LogP contribution in [0.15, 0.2) is 30.3 Å². The van der Waals surface area contributed by atoms with E-state index in [1.807, 2.05) is 24.3 Å². The zero-order valence-electron chi connectivity index (χ0n) is 13.2. The number of imide groups is 1. The summed E-state index contributed by atoms with van der Waals surface area (Å²) in [5.74, 6) is 0.226. The van der Waals surface area contributed by atoms with Crippen LogP contribution < -0.4 is 5.32 Å². The third-order valence-corrected chi connectivity index (χ3v) is 4.36. The monoisotopic (exact) mass is 332 g/mol. The summed E-state index contributed by atoms with van der Waals surface area (Å²) in [6, 6.07) is 8.03. The van der Waals surface area contributed by atoms with E-state index >= 15 is 0 Å². The first-order valence-electron chi connectivity index (χ1n) is 7.50. The number of carbonyl (C=O) groups is 3. The summed E-state index contributed by atoms with van der Waals surface area (Å²) in [6.45, 7) is 4.74. The highest BCUT2D eigenvalue weighted by Gasteiger charge is 2.29. The minimum atomic E-state index is -0.246. The summed E-state index contributed by atoms with van der Waals surface area (Å²) in [4.78, 5) is 35.7. The number of nitrogens with one attached hydrogen (secondary N) is 1. The second kappa shape index (κ2) is 7.97. The molecule has 1 heterocycles. The summed E-state index contributed by atoms with van der Waals surface area (Å²) in [6.07, 6.45) is 3.19. The number of thioether (sulfide) groups is 1. The van der Waals surface area contributed by atoms with Gasteiger partial charge in [0, 0.05) is 19.2 Å². The molecule has 0 saturated carbocycles. The minimum absolute atomic E-state index is 0.194. The zero-order chi connectivity index (χ0) is 16.8. The predicted molar refractivity (Wildman–Crippen MR) is 92.1 cm³/mol. The molecule has 1 aliphatic rings. The van der Waals surface area contributed by atoms with Crippen LogP contribution in [0.25, 0.3) is 6.08 Å². The lowest BCUT2D eigenvalue weighted by Crippen LogP contribution is -2.37. The van der Waals surface area contributed by atoms with Gasteiger partial charge in [-0.25, -0.2) is 0 Å². The van der Waals surface area contributed by atoms with E-state index in [9.17, 15) is 14.4 Å². The standard InChI is InChI=1S/C17H20N2O3S/c1-12(2)14-6-3-13(4-7-14)5-8-15(20)18-9-10-19-16(21)11-23-17(19)22/h3-8,12H,9-11H2,1-2H3,(H,18,20)/b8-5+. The Kier molecular flexibility index (Phi) is 5.98. The van der Waals surface area contributed by atoms with Gasteiger partial charge in [-0.2, -0.15) is 0 Å². The Morgan fingerprint density at radius 1 is 1.30 bits per heavy atom. The van der Waals surface area contributed by atoms with Gasteiger partial charge in [-0.1, -0.05) is 49.9 Å². The van der Waals surface area contributed by atoms with Crippen LogP contribution in [-0.2, 0) is 9.59 Å². The van der Waals surface area contributed by atoms with Crippen molar-refractivity contribution in [1.82, 2.24) is 10.2 Å². The lowest BCUT2D eigenvalue weighted by atomic mass is 10.0. The number of amides is 3. The number of carbonyl (C=O) groups excluding carboxylic acids is 3. The highest BCUT2D eigenvalue weighted by molar-refractivity contribution is 8.14. The summed E-state index contributed by atoms with van der Waals surface area (Å²) < 4.78 is 0. The van der Waals surface area contributed by atoms with Crippen molar-refractivity contribution >= 4 is 34.9 Å². The van der Waals surface area contributed by atoms with Crippen molar-refractivity contribution in [2.24, 2.45) is 0 Å². The van der Waals surface area contributed by atoms with E-state index in [4.69, 9.17) is 0 Å². The second-order valence-electron chi connectivity index (χ2n) is 5.55. The molecule has 1 fully saturated rings. The fourth-order valence-electron chi connectivity index (χ4n) is 2.11. The maximum atomic E-state index is 11.7. The molecule has 0 radical (unpaired) electrons. The molecule has 0 atom stereocenters. The molecule has 1 N–H and O–H groups in total. The van der Waals surface area contributed by atoms with Crippen molar-refractivity contribution in [3.8, 4) is 0 Å². The normalized spacial score (nSPS) is 15.0. The SMILES string of the molecule is CC(C)c1ccc(/C=C/C(=O)NCCN2C(=O)CSC2=O)cc1. The Balaban J connectivity index is 1.78. The Bertz CT molecular complexity index is 607. The molecule has 122 valence electrons. The van der Waals surface area contributed by atoms with Gasteiger partial charge in [0.25, 0.3) is 5.24 Å². The van der Waals surface area contributed by atoms with Gasteiger partial charge in [-0.3, -0.25) is 19.3 Å². The van der Waals surface area contributed by atoms with Crippen molar-refractivity contribution in [2.75, 3.05) is 18.8 Å². The van der Waals surface area contributed by atoms with Gasteiger partial charge in [0.2, 0.25) is 11.8 Å². The fourth-order valence-corrected chi connectivity index (χ4v) is 2.86. The molecular weight excluding hydrogens is 312 g/mol. The number of hydrogen-bond acceptors (Lipinski definition) is 4. The summed E-state index contributed by atoms with van der Waals surface area (Å²) in [5, 5.41) is 2.42. The number of benzene rings is 1. The Morgan fingerprint density at radius 2 is 2.00 bits per heavy atom. The van der Waals surface area contributed by atoms with Crippen LogP contribution in [0.1, 0.15) is 30.9 Å². The quantitative estimate of drug-likeness (QED) is 0.813. The van der Waals surface area contributed by atoms with E-state index in [1.54, 1.807) is 6.08 Å². The molecule has 0 aromatic heterocycles. The van der Waals surface area contributed by atoms with E-state index in [1.165, 1.54) is 16.5 Å². The molecular formula is C17H20N2O3S. The average molecular weight is 332 g/mol. The summed E-state index contributed by atoms with van der Waals surface area (Å²) in [5.41, 5.74) is 2.20. The zero-order valence-corrected chi connectivity index (χ0v) is 14.1. The van der Waals surface area contributed by atoms with E-state index in [0.29, 0.717) is 5.92 Å². The van der Waals surface area contributed by atoms with Crippen LogP contribution in [0.2, 0.25) is 0 Å². The maximum Gasteiger partial charge on any atom is 0.288 e. The van der Waals surface area contributed by atoms with Gasteiger partial charge >= 0.3 is 0 Å². The van der Waals surface area contributed by atoms with Crippen LogP contribution in [-0.4, -0.2) is 40.8 Å². The van der Waals surface area contributed by atoms with Crippen molar-refractivity contribution < 1.29 is 14.4 Å². The lowest BCUT2D eigenvalue weighted by Gasteiger charge is -2.12. The molecule has 0 unspecified atom stereocenters. The first-order chi connectivity index (χ1) is 11.0. The Labute approximate surface area is 140 Å². The van der Waals surface area contributed by atoms with Crippen molar-refractivity contribution in [1.29, 1.82) is 0 Å². The van der Waals surface area contributed by atoms with Crippen LogP contribution >= 0.6 is 11.8 Å². The van der Waals surface area contributed by atoms with Gasteiger partial charge < -0.3 is 5.32 Å². The van der Waals surface area contributed by atoms with E-state index in [-0.39, 0.29) is 35.9 Å². The average Bonchev–Trinajstić information content (AvgIpc) is 2.85. The smallest absolute Gasteiger partial charge is 0.288 e. The largest absolute Gasteiger partial charge is 0.351 e. The van der Waals surface area contributed by atoms with E-state index < -0.39 is 0 Å². The second-order valence-corrected chi connectivity index (χ2v) is 6.47. The first-order valence-corrected chi connectivity index (χ1v) is 8.49. The van der Waals surface area contributed by atoms with Crippen molar-refractivity contribution in [2.45, 2.75) is 19.8 Å². The fraction of sp³-hybridized carbons (Fsp3) is 0.353. The third kappa shape index (κ3) is 4.96. The van der Waals surface area contributed by atoms with E-state index in [2.05, 4.69) is 19.2 Å². The van der Waals surface area contributed by atoms with E-state index in [0.717, 1.165) is 17.3 Å². The van der Waals surface area contributed by atoms with Crippen LogP contribution in [0.3, 0.4) is 0 Å². The molecule has 0 aliphatic carbocycles. The summed E-state index contributed by atoms with van der Waals surface area (Å²) >= 11 is 0.994. The Hall–Kier alpha value is -2.08. The highest BCUT2D eigenvalue weighted by Crippen LogP contribution is 2.17. The molecule has 5 nitrogen and oxygen atoms in total. The molecule has 0 spiro atoms. The molecule has 1 aliphatic heterocycles. The van der Waals surface area contributed by atoms with Gasteiger partial charge in [0.1, 0.15) is 0 Å². The molecule has 1 aromatic carbocycles.